The highest BCUT2D eigenvalue weighted by Crippen LogP contribution is 2.42. The molecular weight excluding hydrogens is 258 g/mol. The number of fused-ring (bicyclic) bond motifs is 2. The van der Waals surface area contributed by atoms with E-state index in [9.17, 15) is 14.7 Å². The van der Waals surface area contributed by atoms with Gasteiger partial charge in [-0.25, -0.2) is 0 Å². The third kappa shape index (κ3) is 1.96. The lowest BCUT2D eigenvalue weighted by Crippen LogP contribution is -2.37. The van der Waals surface area contributed by atoms with E-state index in [0.29, 0.717) is 17.7 Å². The summed E-state index contributed by atoms with van der Waals surface area (Å²) in [5.74, 6) is -1.32. The number of hydrogen-bond acceptors (Lipinski definition) is 4. The van der Waals surface area contributed by atoms with Crippen molar-refractivity contribution >= 4 is 11.9 Å². The maximum atomic E-state index is 12.6. The Morgan fingerprint density at radius 3 is 2.90 bits per heavy atom. The average molecular weight is 275 g/mol. The van der Waals surface area contributed by atoms with Gasteiger partial charge in [0.05, 0.1) is 11.6 Å². The van der Waals surface area contributed by atoms with E-state index in [-0.39, 0.29) is 24.5 Å². The predicted molar refractivity (Wildman–Crippen MR) is 70.9 cm³/mol. The number of aromatic nitrogens is 1. The van der Waals surface area contributed by atoms with E-state index in [2.05, 4.69) is 4.98 Å². The zero-order valence-electron chi connectivity index (χ0n) is 11.0. The average Bonchev–Trinajstić information content (AvgIpc) is 3.04. The summed E-state index contributed by atoms with van der Waals surface area (Å²) < 4.78 is 0. The van der Waals surface area contributed by atoms with Gasteiger partial charge in [0.25, 0.3) is 5.91 Å². The van der Waals surface area contributed by atoms with E-state index in [1.807, 2.05) is 0 Å². The first-order valence-corrected chi connectivity index (χ1v) is 6.82. The van der Waals surface area contributed by atoms with E-state index in [1.54, 1.807) is 23.2 Å². The van der Waals surface area contributed by atoms with Crippen LogP contribution in [0.15, 0.2) is 18.3 Å². The number of nitrogens with two attached hydrogens (primary N) is 1. The zero-order valence-corrected chi connectivity index (χ0v) is 11.0. The van der Waals surface area contributed by atoms with Gasteiger partial charge in [0.1, 0.15) is 0 Å². The number of nitrogens with zero attached hydrogens (tertiary/aromatic N) is 2. The normalized spacial score (nSPS) is 27.9. The highest BCUT2D eigenvalue weighted by molar-refractivity contribution is 5.95. The van der Waals surface area contributed by atoms with Gasteiger partial charge in [-0.3, -0.25) is 14.6 Å². The Morgan fingerprint density at radius 2 is 2.25 bits per heavy atom. The van der Waals surface area contributed by atoms with Crippen LogP contribution in [0.25, 0.3) is 0 Å². The molecule has 2 aliphatic heterocycles. The van der Waals surface area contributed by atoms with Gasteiger partial charge >= 0.3 is 5.97 Å². The molecular formula is C14H17N3O3. The van der Waals surface area contributed by atoms with Gasteiger partial charge in [0.15, 0.2) is 0 Å². The highest BCUT2D eigenvalue weighted by Gasteiger charge is 2.51. The molecule has 1 aromatic heterocycles. The van der Waals surface area contributed by atoms with Gasteiger partial charge in [-0.2, -0.15) is 0 Å². The molecule has 3 atom stereocenters. The van der Waals surface area contributed by atoms with Crippen molar-refractivity contribution in [2.45, 2.75) is 37.9 Å². The number of aliphatic carboxylic acids is 1. The fraction of sp³-hybridized carbons (Fsp3) is 0.500. The summed E-state index contributed by atoms with van der Waals surface area (Å²) in [5, 5.41) is 9.22. The van der Waals surface area contributed by atoms with Crippen LogP contribution in [-0.2, 0) is 11.3 Å². The summed E-state index contributed by atoms with van der Waals surface area (Å²) in [6.45, 7) is 0.283. The molecule has 2 fully saturated rings. The molecule has 3 unspecified atom stereocenters. The van der Waals surface area contributed by atoms with Gasteiger partial charge in [-0.15, -0.1) is 0 Å². The van der Waals surface area contributed by atoms with Crippen molar-refractivity contribution in [3.8, 4) is 0 Å². The van der Waals surface area contributed by atoms with E-state index >= 15 is 0 Å². The van der Waals surface area contributed by atoms with E-state index < -0.39 is 11.9 Å². The van der Waals surface area contributed by atoms with E-state index in [1.165, 1.54) is 0 Å². The smallest absolute Gasteiger partial charge is 0.308 e. The summed E-state index contributed by atoms with van der Waals surface area (Å²) >= 11 is 0. The predicted octanol–water partition coefficient (Wildman–Crippen LogP) is 0.618. The second-order valence-corrected chi connectivity index (χ2v) is 5.43. The van der Waals surface area contributed by atoms with Crippen molar-refractivity contribution in [1.82, 2.24) is 9.88 Å². The standard InChI is InChI=1S/C14H17N3O3/c15-7-9-5-8(3-4-16-9)13(18)17-10-1-2-12(17)11(6-10)14(19)20/h3-5,10-12H,1-2,6-7,15H2,(H,19,20). The number of pyridine rings is 1. The number of carbonyl (C=O) groups is 2. The molecule has 6 heteroatoms. The first kappa shape index (κ1) is 13.1. The molecule has 0 radical (unpaired) electrons. The third-order valence-electron chi connectivity index (χ3n) is 4.36. The van der Waals surface area contributed by atoms with Crippen molar-refractivity contribution in [2.75, 3.05) is 0 Å². The molecule has 0 aliphatic carbocycles. The quantitative estimate of drug-likeness (QED) is 0.842. The van der Waals surface area contributed by atoms with Crippen LogP contribution in [0.5, 0.6) is 0 Å². The lowest BCUT2D eigenvalue weighted by Gasteiger charge is -2.23. The second kappa shape index (κ2) is 4.86. The molecule has 1 amide bonds. The van der Waals surface area contributed by atoms with Gasteiger partial charge in [-0.05, 0) is 31.4 Å². The maximum absolute atomic E-state index is 12.6. The molecule has 2 saturated heterocycles. The van der Waals surface area contributed by atoms with Crippen molar-refractivity contribution < 1.29 is 14.7 Å². The number of rotatable bonds is 3. The van der Waals surface area contributed by atoms with Crippen LogP contribution in [-0.4, -0.2) is 39.0 Å². The molecule has 1 aromatic rings. The Balaban J connectivity index is 1.86. The molecule has 2 aliphatic rings. The molecule has 0 spiro atoms. The number of amides is 1. The Morgan fingerprint density at radius 1 is 1.45 bits per heavy atom. The Bertz CT molecular complexity index is 560. The lowest BCUT2D eigenvalue weighted by atomic mass is 9.89. The SMILES string of the molecule is NCc1cc(C(=O)N2C3CCC2C(C(=O)O)C3)ccn1. The monoisotopic (exact) mass is 275 g/mol. The maximum Gasteiger partial charge on any atom is 0.308 e. The van der Waals surface area contributed by atoms with Crippen LogP contribution in [0.3, 0.4) is 0 Å². The van der Waals surface area contributed by atoms with Crippen molar-refractivity contribution in [1.29, 1.82) is 0 Å². The minimum atomic E-state index is -0.799. The largest absolute Gasteiger partial charge is 0.481 e. The fourth-order valence-electron chi connectivity index (χ4n) is 3.44. The molecule has 0 saturated carbocycles. The van der Waals surface area contributed by atoms with Crippen LogP contribution >= 0.6 is 0 Å². The van der Waals surface area contributed by atoms with Crippen LogP contribution in [0.2, 0.25) is 0 Å². The molecule has 3 rings (SSSR count). The van der Waals surface area contributed by atoms with Crippen LogP contribution in [0.1, 0.15) is 35.3 Å². The first-order valence-electron chi connectivity index (χ1n) is 6.82. The Labute approximate surface area is 116 Å². The minimum Gasteiger partial charge on any atom is -0.481 e. The molecule has 6 nitrogen and oxygen atoms in total. The van der Waals surface area contributed by atoms with Gasteiger partial charge in [0.2, 0.25) is 0 Å². The summed E-state index contributed by atoms with van der Waals surface area (Å²) in [7, 11) is 0. The number of hydrogen-bond donors (Lipinski definition) is 2. The molecule has 2 bridgehead atoms. The number of carbonyl (C=O) groups excluding carboxylic acids is 1. The van der Waals surface area contributed by atoms with Gasteiger partial charge < -0.3 is 15.7 Å². The summed E-state index contributed by atoms with van der Waals surface area (Å²) in [5.41, 5.74) is 6.74. The van der Waals surface area contributed by atoms with Crippen LogP contribution in [0.4, 0.5) is 0 Å². The molecule has 0 aromatic carbocycles. The van der Waals surface area contributed by atoms with E-state index in [0.717, 1.165) is 12.8 Å². The lowest BCUT2D eigenvalue weighted by molar-refractivity contribution is -0.142. The summed E-state index contributed by atoms with van der Waals surface area (Å²) in [4.78, 5) is 29.7. The number of carboxylic acid groups (broad SMARTS) is 1. The van der Waals surface area contributed by atoms with Crippen LogP contribution in [0, 0.1) is 5.92 Å². The molecule has 3 N–H and O–H groups in total. The Hall–Kier alpha value is -1.95. The Kier molecular flexibility index (Phi) is 3.17. The minimum absolute atomic E-state index is 0.0584. The topological polar surface area (TPSA) is 96.5 Å². The van der Waals surface area contributed by atoms with Crippen molar-refractivity contribution in [3.63, 3.8) is 0 Å². The van der Waals surface area contributed by atoms with Gasteiger partial charge in [-0.1, -0.05) is 0 Å². The fourth-order valence-corrected chi connectivity index (χ4v) is 3.44. The van der Waals surface area contributed by atoms with Crippen LogP contribution < -0.4 is 5.73 Å². The summed E-state index contributed by atoms with van der Waals surface area (Å²) in [6.07, 6.45) is 3.82. The third-order valence-corrected chi connectivity index (χ3v) is 4.36. The second-order valence-electron chi connectivity index (χ2n) is 5.43. The number of carboxylic acids is 1. The summed E-state index contributed by atoms with van der Waals surface area (Å²) in [6, 6.07) is 3.24. The van der Waals surface area contributed by atoms with Crippen molar-refractivity contribution in [3.05, 3.63) is 29.6 Å². The molecule has 20 heavy (non-hydrogen) atoms. The zero-order chi connectivity index (χ0) is 14.3. The first-order chi connectivity index (χ1) is 9.61. The highest BCUT2D eigenvalue weighted by atomic mass is 16.4. The van der Waals surface area contributed by atoms with E-state index in [4.69, 9.17) is 5.73 Å². The molecule has 3 heterocycles. The van der Waals surface area contributed by atoms with Gasteiger partial charge in [0, 0.05) is 30.4 Å². The molecule has 106 valence electrons. The van der Waals surface area contributed by atoms with Crippen molar-refractivity contribution in [2.24, 2.45) is 11.7 Å².